The molecule has 0 radical (unpaired) electrons. The number of nitrogens with one attached hydrogen (secondary N) is 1. The van der Waals surface area contributed by atoms with Gasteiger partial charge < -0.3 is 5.32 Å². The Hall–Kier alpha value is -1.47. The van der Waals surface area contributed by atoms with Crippen LogP contribution in [-0.4, -0.2) is 31.8 Å². The summed E-state index contributed by atoms with van der Waals surface area (Å²) in [5.74, 6) is -0.491. The predicted octanol–water partition coefficient (Wildman–Crippen LogP) is 0.292. The zero-order chi connectivity index (χ0) is 12.5. The molecule has 17 heavy (non-hydrogen) atoms. The first-order chi connectivity index (χ1) is 8.05. The number of carbonyl (C=O) groups is 1. The Morgan fingerprint density at radius 2 is 2.00 bits per heavy atom. The van der Waals surface area contributed by atoms with E-state index >= 15 is 0 Å². The van der Waals surface area contributed by atoms with Crippen molar-refractivity contribution in [1.82, 2.24) is 9.62 Å². The maximum absolute atomic E-state index is 12.7. The lowest BCUT2D eigenvalue weighted by atomic mass is 10.2. The van der Waals surface area contributed by atoms with Crippen LogP contribution in [0, 0.1) is 5.82 Å². The number of hydrogen-bond acceptors (Lipinski definition) is 3. The van der Waals surface area contributed by atoms with Gasteiger partial charge in [0.05, 0.1) is 11.1 Å². The van der Waals surface area contributed by atoms with Crippen molar-refractivity contribution in [1.29, 1.82) is 0 Å². The van der Waals surface area contributed by atoms with Crippen LogP contribution in [0.3, 0.4) is 0 Å². The molecule has 1 N–H and O–H groups in total. The van der Waals surface area contributed by atoms with Gasteiger partial charge in [0.15, 0.2) is 0 Å². The van der Waals surface area contributed by atoms with E-state index in [2.05, 4.69) is 5.32 Å². The fourth-order valence-corrected chi connectivity index (χ4v) is 3.24. The number of nitrogens with zero attached hydrogens (tertiary/aromatic N) is 1. The lowest BCUT2D eigenvalue weighted by Crippen LogP contribution is -2.57. The Kier molecular flexibility index (Phi) is 3.12. The molecule has 92 valence electrons. The second-order valence-electron chi connectivity index (χ2n) is 3.66. The summed E-state index contributed by atoms with van der Waals surface area (Å²) in [5.41, 5.74) is 0. The van der Waals surface area contributed by atoms with Crippen LogP contribution in [0.25, 0.3) is 0 Å². The Morgan fingerprint density at radius 1 is 1.35 bits per heavy atom. The molecule has 1 heterocycles. The lowest BCUT2D eigenvalue weighted by Gasteiger charge is -2.38. The first kappa shape index (κ1) is 12.0. The van der Waals surface area contributed by atoms with Gasteiger partial charge in [0.2, 0.25) is 16.4 Å². The molecule has 1 aliphatic rings. The minimum absolute atomic E-state index is 0.0244. The fraction of sp³-hybridized carbons (Fsp3) is 0.300. The van der Waals surface area contributed by atoms with E-state index in [9.17, 15) is 17.6 Å². The van der Waals surface area contributed by atoms with Gasteiger partial charge in [-0.3, -0.25) is 4.79 Å². The van der Waals surface area contributed by atoms with Crippen molar-refractivity contribution in [2.75, 3.05) is 6.54 Å². The number of sulfonamides is 1. The van der Waals surface area contributed by atoms with Crippen molar-refractivity contribution in [3.63, 3.8) is 0 Å². The third-order valence-corrected chi connectivity index (χ3v) is 4.57. The molecule has 7 heteroatoms. The number of carbonyl (C=O) groups excluding carboxylic acids is 1. The molecule has 5 nitrogen and oxygen atoms in total. The maximum Gasteiger partial charge on any atom is 0.244 e. The maximum atomic E-state index is 12.7. The van der Waals surface area contributed by atoms with E-state index in [0.29, 0.717) is 19.4 Å². The summed E-state index contributed by atoms with van der Waals surface area (Å²) < 4.78 is 38.0. The molecule has 1 atom stereocenters. The highest BCUT2D eigenvalue weighted by molar-refractivity contribution is 7.89. The number of hydrogen-bond donors (Lipinski definition) is 1. The second kappa shape index (κ2) is 4.42. The Morgan fingerprint density at radius 3 is 2.47 bits per heavy atom. The van der Waals surface area contributed by atoms with Crippen molar-refractivity contribution in [3.8, 4) is 0 Å². The molecular weight excluding hydrogens is 247 g/mol. The summed E-state index contributed by atoms with van der Waals surface area (Å²) in [4.78, 5) is 10.3. The molecule has 0 aliphatic carbocycles. The van der Waals surface area contributed by atoms with Gasteiger partial charge in [-0.1, -0.05) is 0 Å². The van der Waals surface area contributed by atoms with E-state index in [0.717, 1.165) is 12.1 Å². The largest absolute Gasteiger partial charge is 0.342 e. The van der Waals surface area contributed by atoms with Crippen LogP contribution in [0.2, 0.25) is 0 Å². The van der Waals surface area contributed by atoms with Gasteiger partial charge in [-0.05, 0) is 30.7 Å². The second-order valence-corrected chi connectivity index (χ2v) is 5.55. The molecule has 0 saturated carbocycles. The third-order valence-electron chi connectivity index (χ3n) is 2.65. The molecule has 1 fully saturated rings. The van der Waals surface area contributed by atoms with E-state index in [1.807, 2.05) is 0 Å². The van der Waals surface area contributed by atoms with Crippen molar-refractivity contribution in [2.45, 2.75) is 17.5 Å². The minimum atomic E-state index is -3.65. The van der Waals surface area contributed by atoms with Gasteiger partial charge >= 0.3 is 0 Å². The topological polar surface area (TPSA) is 66.5 Å². The van der Waals surface area contributed by atoms with Gasteiger partial charge in [0, 0.05) is 6.54 Å². The van der Waals surface area contributed by atoms with Gasteiger partial charge in [0.1, 0.15) is 5.82 Å². The van der Waals surface area contributed by atoms with E-state index in [1.54, 1.807) is 0 Å². The van der Waals surface area contributed by atoms with Crippen LogP contribution in [0.5, 0.6) is 0 Å². The highest BCUT2D eigenvalue weighted by atomic mass is 32.2. The van der Waals surface area contributed by atoms with Gasteiger partial charge in [-0.25, -0.2) is 12.8 Å². The number of rotatable bonds is 4. The number of halogens is 1. The molecular formula is C10H11FN2O3S. The molecule has 0 aromatic heterocycles. The highest BCUT2D eigenvalue weighted by Crippen LogP contribution is 2.25. The number of benzene rings is 1. The van der Waals surface area contributed by atoms with Gasteiger partial charge in [-0.15, -0.1) is 0 Å². The van der Waals surface area contributed by atoms with E-state index < -0.39 is 22.0 Å². The average molecular weight is 258 g/mol. The molecule has 0 bridgehead atoms. The van der Waals surface area contributed by atoms with Crippen molar-refractivity contribution < 1.29 is 17.6 Å². The van der Waals surface area contributed by atoms with Gasteiger partial charge in [0.25, 0.3) is 0 Å². The van der Waals surface area contributed by atoms with Crippen molar-refractivity contribution >= 4 is 16.4 Å². The van der Waals surface area contributed by atoms with Crippen LogP contribution in [-0.2, 0) is 14.8 Å². The molecule has 2 rings (SSSR count). The molecule has 1 unspecified atom stereocenters. The SMILES string of the molecule is O=CNC1CCN1S(=O)(=O)c1ccc(F)cc1. The first-order valence-corrected chi connectivity index (χ1v) is 6.47. The Labute approximate surface area is 98.3 Å². The quantitative estimate of drug-likeness (QED) is 0.789. The predicted molar refractivity (Wildman–Crippen MR) is 57.9 cm³/mol. The lowest BCUT2D eigenvalue weighted by molar-refractivity contribution is -0.111. The van der Waals surface area contributed by atoms with Crippen molar-refractivity contribution in [3.05, 3.63) is 30.1 Å². The van der Waals surface area contributed by atoms with Crippen LogP contribution < -0.4 is 5.32 Å². The van der Waals surface area contributed by atoms with Crippen LogP contribution in [0.4, 0.5) is 4.39 Å². The summed E-state index contributed by atoms with van der Waals surface area (Å²) >= 11 is 0. The minimum Gasteiger partial charge on any atom is -0.342 e. The van der Waals surface area contributed by atoms with Crippen molar-refractivity contribution in [2.24, 2.45) is 0 Å². The summed E-state index contributed by atoms with van der Waals surface area (Å²) in [7, 11) is -3.65. The Balaban J connectivity index is 2.24. The van der Waals surface area contributed by atoms with Gasteiger partial charge in [-0.2, -0.15) is 4.31 Å². The summed E-state index contributed by atoms with van der Waals surface area (Å²) in [5, 5.41) is 2.41. The molecule has 0 spiro atoms. The third kappa shape index (κ3) is 2.16. The first-order valence-electron chi connectivity index (χ1n) is 5.03. The summed E-state index contributed by atoms with van der Waals surface area (Å²) in [6.45, 7) is 0.352. The fourth-order valence-electron chi connectivity index (χ4n) is 1.64. The number of amides is 1. The van der Waals surface area contributed by atoms with E-state index in [4.69, 9.17) is 0 Å². The molecule has 1 saturated heterocycles. The van der Waals surface area contributed by atoms with Crippen LogP contribution >= 0.6 is 0 Å². The standard InChI is InChI=1S/C10H11FN2O3S/c11-8-1-3-9(4-2-8)17(15,16)13-6-5-10(13)12-7-14/h1-4,7,10H,5-6H2,(H,12,14). The smallest absolute Gasteiger partial charge is 0.244 e. The highest BCUT2D eigenvalue weighted by Gasteiger charge is 2.38. The monoisotopic (exact) mass is 258 g/mol. The summed E-state index contributed by atoms with van der Waals surface area (Å²) in [6, 6.07) is 4.60. The average Bonchev–Trinajstić information content (AvgIpc) is 2.24. The summed E-state index contributed by atoms with van der Waals surface area (Å²) in [6.07, 6.45) is 0.554. The van der Waals surface area contributed by atoms with E-state index in [1.165, 1.54) is 16.4 Å². The zero-order valence-corrected chi connectivity index (χ0v) is 9.65. The molecule has 1 aliphatic heterocycles. The normalized spacial score (nSPS) is 20.6. The molecule has 1 aromatic rings. The molecule has 1 aromatic carbocycles. The molecule has 1 amide bonds. The van der Waals surface area contributed by atoms with E-state index in [-0.39, 0.29) is 4.90 Å². The van der Waals surface area contributed by atoms with Crippen LogP contribution in [0.1, 0.15) is 6.42 Å². The Bertz CT molecular complexity index is 515. The van der Waals surface area contributed by atoms with Crippen LogP contribution in [0.15, 0.2) is 29.2 Å². The zero-order valence-electron chi connectivity index (χ0n) is 8.84.